The van der Waals surface area contributed by atoms with Crippen LogP contribution in [0, 0.1) is 5.82 Å². The molecule has 112 valence electrons. The second kappa shape index (κ2) is 7.50. The van der Waals surface area contributed by atoms with Crippen molar-refractivity contribution in [2.24, 2.45) is 5.73 Å². The maximum Gasteiger partial charge on any atom is 0.137 e. The molecule has 0 saturated carbocycles. The second-order valence-corrected chi connectivity index (χ2v) is 6.67. The van der Waals surface area contributed by atoms with E-state index in [4.69, 9.17) is 28.9 Å². The maximum atomic E-state index is 14.2. The molecule has 0 heterocycles. The van der Waals surface area contributed by atoms with E-state index in [-0.39, 0.29) is 11.9 Å². The Morgan fingerprint density at radius 1 is 1.24 bits per heavy atom. The number of rotatable bonds is 5. The Kier molecular flexibility index (Phi) is 5.94. The third kappa shape index (κ3) is 4.36. The molecule has 0 bridgehead atoms. The lowest BCUT2D eigenvalue weighted by molar-refractivity contribution is 0.585. The molecule has 0 aliphatic rings. The molecule has 0 aliphatic heterocycles. The van der Waals surface area contributed by atoms with Crippen molar-refractivity contribution in [3.63, 3.8) is 0 Å². The third-order valence-electron chi connectivity index (χ3n) is 3.16. The van der Waals surface area contributed by atoms with E-state index in [1.54, 1.807) is 24.3 Å². The van der Waals surface area contributed by atoms with Crippen LogP contribution < -0.4 is 5.73 Å². The van der Waals surface area contributed by atoms with E-state index in [1.165, 1.54) is 17.8 Å². The third-order valence-corrected chi connectivity index (χ3v) is 5.06. The Bertz CT molecular complexity index is 634. The average Bonchev–Trinajstić information content (AvgIpc) is 2.46. The van der Waals surface area contributed by atoms with Gasteiger partial charge in [-0.05, 0) is 42.7 Å². The molecule has 1 atom stereocenters. The normalized spacial score (nSPS) is 12.4. The van der Waals surface area contributed by atoms with E-state index >= 15 is 0 Å². The Hall–Kier alpha value is -0.740. The predicted octanol–water partition coefficient (Wildman–Crippen LogP) is 5.56. The SMILES string of the molecule is CCC(N)Cc1cccc(F)c1Sc1cc(Cl)ccc1Cl. The van der Waals surface area contributed by atoms with Crippen molar-refractivity contribution in [2.75, 3.05) is 0 Å². The molecule has 2 aromatic rings. The molecule has 5 heteroatoms. The Labute approximate surface area is 138 Å². The van der Waals surface area contributed by atoms with Gasteiger partial charge in [0.25, 0.3) is 0 Å². The molecule has 0 aliphatic carbocycles. The summed E-state index contributed by atoms with van der Waals surface area (Å²) in [6.07, 6.45) is 1.48. The summed E-state index contributed by atoms with van der Waals surface area (Å²) in [5, 5.41) is 1.13. The average molecular weight is 344 g/mol. The monoisotopic (exact) mass is 343 g/mol. The van der Waals surface area contributed by atoms with Crippen LogP contribution in [0.3, 0.4) is 0 Å². The number of hydrogen-bond acceptors (Lipinski definition) is 2. The summed E-state index contributed by atoms with van der Waals surface area (Å²) in [5.74, 6) is -0.267. The van der Waals surface area contributed by atoms with Gasteiger partial charge in [0, 0.05) is 16.0 Å². The zero-order valence-corrected chi connectivity index (χ0v) is 13.9. The summed E-state index contributed by atoms with van der Waals surface area (Å²) >= 11 is 13.4. The van der Waals surface area contributed by atoms with Crippen molar-refractivity contribution in [1.82, 2.24) is 0 Å². The quantitative estimate of drug-likeness (QED) is 0.768. The van der Waals surface area contributed by atoms with E-state index < -0.39 is 0 Å². The van der Waals surface area contributed by atoms with Crippen LogP contribution in [0.25, 0.3) is 0 Å². The molecule has 2 aromatic carbocycles. The molecule has 0 fully saturated rings. The fraction of sp³-hybridized carbons (Fsp3) is 0.250. The summed E-state index contributed by atoms with van der Waals surface area (Å²) in [7, 11) is 0. The van der Waals surface area contributed by atoms with Crippen molar-refractivity contribution in [3.8, 4) is 0 Å². The molecular weight excluding hydrogens is 328 g/mol. The van der Waals surface area contributed by atoms with Crippen LogP contribution in [0.5, 0.6) is 0 Å². The zero-order chi connectivity index (χ0) is 15.4. The maximum absolute atomic E-state index is 14.2. The highest BCUT2D eigenvalue weighted by Gasteiger charge is 2.14. The minimum Gasteiger partial charge on any atom is -0.327 e. The fourth-order valence-corrected chi connectivity index (χ4v) is 3.41. The second-order valence-electron chi connectivity index (χ2n) is 4.78. The van der Waals surface area contributed by atoms with Gasteiger partial charge in [0.2, 0.25) is 0 Å². The molecular formula is C16H16Cl2FNS. The van der Waals surface area contributed by atoms with E-state index in [2.05, 4.69) is 0 Å². The Morgan fingerprint density at radius 3 is 2.71 bits per heavy atom. The summed E-state index contributed by atoms with van der Waals surface area (Å²) in [4.78, 5) is 1.30. The van der Waals surface area contributed by atoms with Crippen LogP contribution in [0.1, 0.15) is 18.9 Å². The van der Waals surface area contributed by atoms with Gasteiger partial charge in [0.1, 0.15) is 5.82 Å². The fourth-order valence-electron chi connectivity index (χ4n) is 1.92. The summed E-state index contributed by atoms with van der Waals surface area (Å²) in [6.45, 7) is 2.02. The standard InChI is InChI=1S/C16H16Cl2FNS/c1-2-12(20)8-10-4-3-5-14(19)16(10)21-15-9-11(17)6-7-13(15)18/h3-7,9,12H,2,8,20H2,1H3. The lowest BCUT2D eigenvalue weighted by atomic mass is 10.0. The van der Waals surface area contributed by atoms with Crippen molar-refractivity contribution in [1.29, 1.82) is 0 Å². The smallest absolute Gasteiger partial charge is 0.137 e. The molecule has 0 spiro atoms. The molecule has 0 aromatic heterocycles. The molecule has 1 nitrogen and oxygen atoms in total. The number of nitrogens with two attached hydrogens (primary N) is 1. The highest BCUT2D eigenvalue weighted by Crippen LogP contribution is 2.38. The van der Waals surface area contributed by atoms with Gasteiger partial charge < -0.3 is 5.73 Å². The molecule has 0 saturated heterocycles. The molecule has 2 rings (SSSR count). The number of benzene rings is 2. The van der Waals surface area contributed by atoms with Crippen molar-refractivity contribution >= 4 is 35.0 Å². The number of halogens is 3. The van der Waals surface area contributed by atoms with Crippen molar-refractivity contribution in [2.45, 2.75) is 35.6 Å². The van der Waals surface area contributed by atoms with E-state index in [0.29, 0.717) is 21.4 Å². The van der Waals surface area contributed by atoms with Crippen molar-refractivity contribution in [3.05, 3.63) is 57.8 Å². The van der Waals surface area contributed by atoms with Gasteiger partial charge >= 0.3 is 0 Å². The van der Waals surface area contributed by atoms with Gasteiger partial charge in [0.15, 0.2) is 0 Å². The van der Waals surface area contributed by atoms with Crippen LogP contribution in [-0.4, -0.2) is 6.04 Å². The zero-order valence-electron chi connectivity index (χ0n) is 11.6. The minimum absolute atomic E-state index is 0.0148. The minimum atomic E-state index is -0.267. The van der Waals surface area contributed by atoms with Gasteiger partial charge in [-0.25, -0.2) is 4.39 Å². The van der Waals surface area contributed by atoms with Gasteiger partial charge in [-0.2, -0.15) is 0 Å². The molecule has 2 N–H and O–H groups in total. The first-order chi connectivity index (χ1) is 10.0. The summed E-state index contributed by atoms with van der Waals surface area (Å²) < 4.78 is 14.2. The van der Waals surface area contributed by atoms with Crippen LogP contribution in [0.15, 0.2) is 46.2 Å². The Balaban J connectivity index is 2.36. The van der Waals surface area contributed by atoms with E-state index in [1.807, 2.05) is 13.0 Å². The van der Waals surface area contributed by atoms with Crippen molar-refractivity contribution < 1.29 is 4.39 Å². The lowest BCUT2D eigenvalue weighted by Crippen LogP contribution is -2.21. The van der Waals surface area contributed by atoms with Crippen LogP contribution in [0.2, 0.25) is 10.0 Å². The van der Waals surface area contributed by atoms with Crippen LogP contribution in [0.4, 0.5) is 4.39 Å². The molecule has 21 heavy (non-hydrogen) atoms. The molecule has 0 amide bonds. The topological polar surface area (TPSA) is 26.0 Å². The van der Waals surface area contributed by atoms with Crippen LogP contribution in [-0.2, 0) is 6.42 Å². The van der Waals surface area contributed by atoms with Gasteiger partial charge in [-0.3, -0.25) is 0 Å². The lowest BCUT2D eigenvalue weighted by Gasteiger charge is -2.14. The molecule has 1 unspecified atom stereocenters. The number of hydrogen-bond donors (Lipinski definition) is 1. The van der Waals surface area contributed by atoms with E-state index in [9.17, 15) is 4.39 Å². The van der Waals surface area contributed by atoms with Gasteiger partial charge in [-0.1, -0.05) is 54.0 Å². The first-order valence-corrected chi connectivity index (χ1v) is 8.24. The molecule has 0 radical (unpaired) electrons. The Morgan fingerprint density at radius 2 is 2.00 bits per heavy atom. The predicted molar refractivity (Wildman–Crippen MR) is 89.0 cm³/mol. The van der Waals surface area contributed by atoms with Gasteiger partial charge in [0.05, 0.1) is 9.92 Å². The largest absolute Gasteiger partial charge is 0.327 e. The first kappa shape index (κ1) is 16.6. The first-order valence-electron chi connectivity index (χ1n) is 6.67. The van der Waals surface area contributed by atoms with E-state index in [0.717, 1.165) is 16.9 Å². The summed E-state index contributed by atoms with van der Waals surface area (Å²) in [6, 6.07) is 10.2. The van der Waals surface area contributed by atoms with Gasteiger partial charge in [-0.15, -0.1) is 0 Å². The highest BCUT2D eigenvalue weighted by molar-refractivity contribution is 7.99. The summed E-state index contributed by atoms with van der Waals surface area (Å²) in [5.41, 5.74) is 6.89. The van der Waals surface area contributed by atoms with Crippen LogP contribution >= 0.6 is 35.0 Å². The highest BCUT2D eigenvalue weighted by atomic mass is 35.5.